The van der Waals surface area contributed by atoms with Gasteiger partial charge in [-0.05, 0) is 43.3 Å². The van der Waals surface area contributed by atoms with Crippen LogP contribution in [0.25, 0.3) is 0 Å². The van der Waals surface area contributed by atoms with Crippen molar-refractivity contribution in [3.63, 3.8) is 0 Å². The van der Waals surface area contributed by atoms with Crippen molar-refractivity contribution in [3.05, 3.63) is 59.9 Å². The van der Waals surface area contributed by atoms with E-state index in [1.165, 1.54) is 29.8 Å². The van der Waals surface area contributed by atoms with E-state index >= 15 is 0 Å². The molecule has 0 heterocycles. The average Bonchev–Trinajstić information content (AvgIpc) is 2.53. The topological polar surface area (TPSA) is 47.6 Å². The van der Waals surface area contributed by atoms with Crippen molar-refractivity contribution in [2.45, 2.75) is 6.92 Å². The molecule has 0 aromatic heterocycles. The molecular weight excluding hydrogens is 285 g/mol. The van der Waals surface area contributed by atoms with Gasteiger partial charge in [0.2, 0.25) is 0 Å². The number of rotatable bonds is 7. The molecule has 0 fully saturated rings. The second-order valence-electron chi connectivity index (χ2n) is 4.75. The molecule has 0 saturated carbocycles. The Morgan fingerprint density at radius 1 is 1.00 bits per heavy atom. The lowest BCUT2D eigenvalue weighted by Crippen LogP contribution is -2.32. The molecule has 0 radical (unpaired) electrons. The lowest BCUT2D eigenvalue weighted by atomic mass is 10.2. The van der Waals surface area contributed by atoms with Crippen molar-refractivity contribution in [1.29, 1.82) is 0 Å². The lowest BCUT2D eigenvalue weighted by molar-refractivity contribution is -0.123. The number of aryl methyl sites for hydroxylation is 1. The quantitative estimate of drug-likeness (QED) is 0.800. The minimum atomic E-state index is -0.343. The van der Waals surface area contributed by atoms with Crippen molar-refractivity contribution in [3.8, 4) is 11.5 Å². The van der Waals surface area contributed by atoms with Gasteiger partial charge in [-0.25, -0.2) is 4.39 Å². The van der Waals surface area contributed by atoms with Gasteiger partial charge in [-0.1, -0.05) is 17.7 Å². The predicted molar refractivity (Wildman–Crippen MR) is 81.6 cm³/mol. The molecule has 116 valence electrons. The average molecular weight is 303 g/mol. The van der Waals surface area contributed by atoms with Crippen LogP contribution in [-0.4, -0.2) is 25.7 Å². The van der Waals surface area contributed by atoms with Gasteiger partial charge in [0, 0.05) is 0 Å². The highest BCUT2D eigenvalue weighted by Gasteiger charge is 2.02. The van der Waals surface area contributed by atoms with Gasteiger partial charge in [0.25, 0.3) is 5.91 Å². The van der Waals surface area contributed by atoms with Gasteiger partial charge < -0.3 is 14.8 Å². The number of ether oxygens (including phenoxy) is 2. The molecule has 0 bridgehead atoms. The van der Waals surface area contributed by atoms with Crippen LogP contribution in [0.5, 0.6) is 11.5 Å². The Bertz CT molecular complexity index is 596. The van der Waals surface area contributed by atoms with E-state index in [1.54, 1.807) is 0 Å². The third-order valence-electron chi connectivity index (χ3n) is 2.90. The molecule has 0 saturated heterocycles. The summed E-state index contributed by atoms with van der Waals surface area (Å²) in [5.74, 6) is 0.622. The van der Waals surface area contributed by atoms with E-state index in [-0.39, 0.29) is 18.3 Å². The summed E-state index contributed by atoms with van der Waals surface area (Å²) >= 11 is 0. The number of carbonyl (C=O) groups is 1. The van der Waals surface area contributed by atoms with Crippen molar-refractivity contribution in [2.24, 2.45) is 0 Å². The van der Waals surface area contributed by atoms with Crippen molar-refractivity contribution >= 4 is 5.91 Å². The van der Waals surface area contributed by atoms with Crippen LogP contribution >= 0.6 is 0 Å². The molecule has 2 rings (SSSR count). The Balaban J connectivity index is 1.61. The van der Waals surface area contributed by atoms with Crippen molar-refractivity contribution in [2.75, 3.05) is 19.8 Å². The smallest absolute Gasteiger partial charge is 0.258 e. The number of amides is 1. The first-order chi connectivity index (χ1) is 10.6. The first-order valence-corrected chi connectivity index (χ1v) is 6.98. The van der Waals surface area contributed by atoms with Crippen molar-refractivity contribution < 1.29 is 18.7 Å². The third-order valence-corrected chi connectivity index (χ3v) is 2.90. The van der Waals surface area contributed by atoms with Gasteiger partial charge >= 0.3 is 0 Å². The molecule has 0 atom stereocenters. The van der Waals surface area contributed by atoms with E-state index in [1.807, 2.05) is 31.2 Å². The van der Waals surface area contributed by atoms with Crippen LogP contribution in [-0.2, 0) is 4.79 Å². The minimum absolute atomic E-state index is 0.115. The fourth-order valence-electron chi connectivity index (χ4n) is 1.72. The maximum atomic E-state index is 12.7. The summed E-state index contributed by atoms with van der Waals surface area (Å²) < 4.78 is 23.4. The molecule has 1 amide bonds. The highest BCUT2D eigenvalue weighted by Crippen LogP contribution is 2.11. The molecule has 2 aromatic carbocycles. The molecular formula is C17H18FNO3. The monoisotopic (exact) mass is 303 g/mol. The van der Waals surface area contributed by atoms with Crippen LogP contribution in [0.3, 0.4) is 0 Å². The molecule has 22 heavy (non-hydrogen) atoms. The van der Waals surface area contributed by atoms with Crippen LogP contribution in [0.2, 0.25) is 0 Å². The van der Waals surface area contributed by atoms with E-state index in [9.17, 15) is 9.18 Å². The van der Waals surface area contributed by atoms with Crippen LogP contribution < -0.4 is 14.8 Å². The second kappa shape index (κ2) is 8.02. The lowest BCUT2D eigenvalue weighted by Gasteiger charge is -2.09. The Morgan fingerprint density at radius 3 is 2.27 bits per heavy atom. The summed E-state index contributed by atoms with van der Waals surface area (Å²) in [4.78, 5) is 11.6. The van der Waals surface area contributed by atoms with E-state index in [2.05, 4.69) is 5.32 Å². The first kappa shape index (κ1) is 15.8. The second-order valence-corrected chi connectivity index (χ2v) is 4.75. The molecule has 0 aliphatic carbocycles. The summed E-state index contributed by atoms with van der Waals surface area (Å²) in [7, 11) is 0. The largest absolute Gasteiger partial charge is 0.492 e. The van der Waals surface area contributed by atoms with Crippen LogP contribution in [0.15, 0.2) is 48.5 Å². The fourth-order valence-corrected chi connectivity index (χ4v) is 1.72. The number of nitrogens with one attached hydrogen (secondary N) is 1. The number of hydrogen-bond donors (Lipinski definition) is 1. The number of carbonyl (C=O) groups excluding carboxylic acids is 1. The molecule has 0 unspecified atom stereocenters. The zero-order chi connectivity index (χ0) is 15.8. The maximum Gasteiger partial charge on any atom is 0.258 e. The molecule has 4 nitrogen and oxygen atoms in total. The van der Waals surface area contributed by atoms with Crippen LogP contribution in [0.1, 0.15) is 5.56 Å². The molecule has 1 N–H and O–H groups in total. The van der Waals surface area contributed by atoms with Gasteiger partial charge in [-0.3, -0.25) is 4.79 Å². The summed E-state index contributed by atoms with van der Waals surface area (Å²) in [5.41, 5.74) is 1.17. The molecule has 5 heteroatoms. The molecule has 0 aliphatic heterocycles. The minimum Gasteiger partial charge on any atom is -0.492 e. The van der Waals surface area contributed by atoms with E-state index in [4.69, 9.17) is 9.47 Å². The number of halogens is 1. The first-order valence-electron chi connectivity index (χ1n) is 6.98. The Kier molecular flexibility index (Phi) is 5.77. The maximum absolute atomic E-state index is 12.7. The Hall–Kier alpha value is -2.56. The SMILES string of the molecule is Cc1ccc(OCCNC(=O)COc2ccc(F)cc2)cc1. The van der Waals surface area contributed by atoms with Gasteiger partial charge in [0.1, 0.15) is 23.9 Å². The van der Waals surface area contributed by atoms with Gasteiger partial charge in [-0.15, -0.1) is 0 Å². The molecule has 2 aromatic rings. The van der Waals surface area contributed by atoms with E-state index < -0.39 is 0 Å². The standard InChI is InChI=1S/C17H18FNO3/c1-13-2-6-15(7-3-13)21-11-10-19-17(20)12-22-16-8-4-14(18)5-9-16/h2-9H,10-12H2,1H3,(H,19,20). The normalized spacial score (nSPS) is 10.1. The Morgan fingerprint density at radius 2 is 1.59 bits per heavy atom. The van der Waals surface area contributed by atoms with Gasteiger partial charge in [-0.2, -0.15) is 0 Å². The van der Waals surface area contributed by atoms with E-state index in [0.29, 0.717) is 18.9 Å². The number of benzene rings is 2. The van der Waals surface area contributed by atoms with Gasteiger partial charge in [0.15, 0.2) is 6.61 Å². The highest BCUT2D eigenvalue weighted by atomic mass is 19.1. The zero-order valence-electron chi connectivity index (χ0n) is 12.3. The predicted octanol–water partition coefficient (Wildman–Crippen LogP) is 2.71. The molecule has 0 spiro atoms. The van der Waals surface area contributed by atoms with E-state index in [0.717, 1.165) is 5.75 Å². The fraction of sp³-hybridized carbons (Fsp3) is 0.235. The summed E-state index contributed by atoms with van der Waals surface area (Å²) in [6.45, 7) is 2.66. The molecule has 0 aliphatic rings. The third kappa shape index (κ3) is 5.44. The summed E-state index contributed by atoms with van der Waals surface area (Å²) in [5, 5.41) is 2.68. The summed E-state index contributed by atoms with van der Waals surface area (Å²) in [6.07, 6.45) is 0. The summed E-state index contributed by atoms with van der Waals surface area (Å²) in [6, 6.07) is 13.2. The van der Waals surface area contributed by atoms with Crippen LogP contribution in [0.4, 0.5) is 4.39 Å². The van der Waals surface area contributed by atoms with Crippen LogP contribution in [0, 0.1) is 12.7 Å². The Labute approximate surface area is 128 Å². The number of hydrogen-bond acceptors (Lipinski definition) is 3. The van der Waals surface area contributed by atoms with Crippen molar-refractivity contribution in [1.82, 2.24) is 5.32 Å². The highest BCUT2D eigenvalue weighted by molar-refractivity contribution is 5.77. The van der Waals surface area contributed by atoms with Gasteiger partial charge in [0.05, 0.1) is 6.54 Å². The zero-order valence-corrected chi connectivity index (χ0v) is 12.3.